The van der Waals surface area contributed by atoms with Gasteiger partial charge in [0.2, 0.25) is 15.9 Å². The van der Waals surface area contributed by atoms with Crippen molar-refractivity contribution in [2.45, 2.75) is 30.7 Å². The van der Waals surface area contributed by atoms with Crippen LogP contribution in [0.1, 0.15) is 20.3 Å². The summed E-state index contributed by atoms with van der Waals surface area (Å²) in [5, 5.41) is -0.296. The van der Waals surface area contributed by atoms with Crippen LogP contribution in [0.3, 0.4) is 0 Å². The van der Waals surface area contributed by atoms with Crippen LogP contribution in [-0.2, 0) is 14.8 Å². The molecule has 0 heterocycles. The molecule has 106 valence electrons. The van der Waals surface area contributed by atoms with Gasteiger partial charge in [0.1, 0.15) is 4.90 Å². The fourth-order valence-corrected chi connectivity index (χ4v) is 3.33. The Hall–Kier alpha value is -1.18. The largest absolute Gasteiger partial charge is 0.370 e. The lowest BCUT2D eigenvalue weighted by atomic mass is 10.0. The second-order valence-corrected chi connectivity index (χ2v) is 6.74. The molecule has 0 bridgehead atoms. The first-order chi connectivity index (χ1) is 8.55. The summed E-state index contributed by atoms with van der Waals surface area (Å²) in [6.45, 7) is 2.94. The molecule has 1 aromatic carbocycles. The predicted molar refractivity (Wildman–Crippen MR) is 69.6 cm³/mol. The van der Waals surface area contributed by atoms with Gasteiger partial charge in [-0.3, -0.25) is 4.79 Å². The maximum atomic E-state index is 13.7. The van der Waals surface area contributed by atoms with Crippen molar-refractivity contribution in [3.05, 3.63) is 29.0 Å². The Morgan fingerprint density at radius 1 is 1.47 bits per heavy atom. The minimum atomic E-state index is -4.13. The lowest BCUT2D eigenvalue weighted by Crippen LogP contribution is -2.46. The van der Waals surface area contributed by atoms with E-state index in [1.54, 1.807) is 0 Å². The molecule has 0 aromatic heterocycles. The third-order valence-corrected chi connectivity index (χ3v) is 4.24. The quantitative estimate of drug-likeness (QED) is 0.862. The van der Waals surface area contributed by atoms with Crippen molar-refractivity contribution >= 4 is 27.5 Å². The van der Waals surface area contributed by atoms with Gasteiger partial charge in [-0.05, 0) is 26.0 Å². The Morgan fingerprint density at radius 3 is 2.58 bits per heavy atom. The molecular formula is C11H14ClFN2O3S. The van der Waals surface area contributed by atoms with Gasteiger partial charge in [0.15, 0.2) is 5.82 Å². The van der Waals surface area contributed by atoms with Gasteiger partial charge in [-0.1, -0.05) is 17.7 Å². The number of nitrogens with two attached hydrogens (primary N) is 1. The molecule has 0 unspecified atom stereocenters. The van der Waals surface area contributed by atoms with Crippen LogP contribution in [0.5, 0.6) is 0 Å². The van der Waals surface area contributed by atoms with Crippen molar-refractivity contribution in [3.63, 3.8) is 0 Å². The Kier molecular flexibility index (Phi) is 4.54. The Balaban J connectivity index is 3.12. The Morgan fingerprint density at radius 2 is 2.05 bits per heavy atom. The summed E-state index contributed by atoms with van der Waals surface area (Å²) in [5.74, 6) is -1.70. The zero-order valence-electron chi connectivity index (χ0n) is 10.4. The molecular weight excluding hydrogens is 295 g/mol. The number of amides is 1. The normalized spacial score (nSPS) is 12.4. The number of carbonyl (C=O) groups excluding carboxylic acids is 1. The summed E-state index contributed by atoms with van der Waals surface area (Å²) in [6.07, 6.45) is -0.214. The van der Waals surface area contributed by atoms with Crippen molar-refractivity contribution in [3.8, 4) is 0 Å². The van der Waals surface area contributed by atoms with Gasteiger partial charge in [-0.15, -0.1) is 0 Å². The number of halogens is 2. The highest BCUT2D eigenvalue weighted by Crippen LogP contribution is 2.23. The van der Waals surface area contributed by atoms with Crippen molar-refractivity contribution in [1.29, 1.82) is 0 Å². The first-order valence-corrected chi connectivity index (χ1v) is 7.17. The van der Waals surface area contributed by atoms with Crippen molar-refractivity contribution < 1.29 is 17.6 Å². The average molecular weight is 309 g/mol. The van der Waals surface area contributed by atoms with Gasteiger partial charge in [0.05, 0.1) is 5.02 Å². The smallest absolute Gasteiger partial charge is 0.244 e. The molecule has 1 amide bonds. The molecule has 3 N–H and O–H groups in total. The molecule has 0 saturated carbocycles. The second kappa shape index (κ2) is 5.44. The third kappa shape index (κ3) is 4.15. The molecule has 0 atom stereocenters. The van der Waals surface area contributed by atoms with E-state index in [2.05, 4.69) is 4.72 Å². The van der Waals surface area contributed by atoms with Crippen molar-refractivity contribution in [2.75, 3.05) is 0 Å². The van der Waals surface area contributed by atoms with Gasteiger partial charge >= 0.3 is 0 Å². The molecule has 5 nitrogen and oxygen atoms in total. The molecule has 8 heteroatoms. The number of hydrogen-bond acceptors (Lipinski definition) is 3. The lowest BCUT2D eigenvalue weighted by Gasteiger charge is -2.24. The highest BCUT2D eigenvalue weighted by Gasteiger charge is 2.30. The zero-order valence-corrected chi connectivity index (χ0v) is 12.0. The predicted octanol–water partition coefficient (Wildman–Crippen LogP) is 1.41. The molecule has 0 aliphatic rings. The van der Waals surface area contributed by atoms with Gasteiger partial charge in [0.25, 0.3) is 0 Å². The number of carbonyl (C=O) groups is 1. The van der Waals surface area contributed by atoms with Gasteiger partial charge in [-0.2, -0.15) is 0 Å². The maximum absolute atomic E-state index is 13.7. The van der Waals surface area contributed by atoms with Crippen LogP contribution in [0.15, 0.2) is 23.1 Å². The van der Waals surface area contributed by atoms with E-state index in [-0.39, 0.29) is 11.4 Å². The fraction of sp³-hybridized carbons (Fsp3) is 0.364. The van der Waals surface area contributed by atoms with E-state index < -0.39 is 32.2 Å². The topological polar surface area (TPSA) is 89.3 Å². The zero-order chi connectivity index (χ0) is 14.8. The van der Waals surface area contributed by atoms with E-state index in [4.69, 9.17) is 17.3 Å². The van der Waals surface area contributed by atoms with Gasteiger partial charge in [-0.25, -0.2) is 17.5 Å². The number of nitrogens with one attached hydrogen (secondary N) is 1. The van der Waals surface area contributed by atoms with Crippen LogP contribution in [-0.4, -0.2) is 19.9 Å². The fourth-order valence-electron chi connectivity index (χ4n) is 1.58. The minimum absolute atomic E-state index is 0.214. The monoisotopic (exact) mass is 308 g/mol. The molecule has 0 spiro atoms. The molecule has 0 radical (unpaired) electrons. The first-order valence-electron chi connectivity index (χ1n) is 5.31. The standard InChI is InChI=1S/C11H14ClFN2O3S/c1-11(2,6-9(14)16)15-19(17,18)8-5-3-4-7(12)10(8)13/h3-5,15H,6H2,1-2H3,(H2,14,16). The van der Waals surface area contributed by atoms with Crippen LogP contribution in [0.25, 0.3) is 0 Å². The van der Waals surface area contributed by atoms with E-state index in [9.17, 15) is 17.6 Å². The highest BCUT2D eigenvalue weighted by atomic mass is 35.5. The van der Waals surface area contributed by atoms with E-state index in [0.717, 1.165) is 6.07 Å². The summed E-state index contributed by atoms with van der Waals surface area (Å²) in [4.78, 5) is 10.3. The summed E-state index contributed by atoms with van der Waals surface area (Å²) in [6, 6.07) is 3.65. The van der Waals surface area contributed by atoms with Crippen LogP contribution >= 0.6 is 11.6 Å². The van der Waals surface area contributed by atoms with E-state index in [1.165, 1.54) is 26.0 Å². The van der Waals surface area contributed by atoms with E-state index in [0.29, 0.717) is 0 Å². The number of hydrogen-bond donors (Lipinski definition) is 2. The molecule has 0 saturated heterocycles. The van der Waals surface area contributed by atoms with Crippen LogP contribution in [0, 0.1) is 5.82 Å². The molecule has 1 aromatic rings. The van der Waals surface area contributed by atoms with E-state index in [1.807, 2.05) is 0 Å². The number of sulfonamides is 1. The Labute approximate surface area is 116 Å². The number of benzene rings is 1. The van der Waals surface area contributed by atoms with Crippen molar-refractivity contribution in [1.82, 2.24) is 4.72 Å². The summed E-state index contributed by atoms with van der Waals surface area (Å²) in [5.41, 5.74) is 3.90. The second-order valence-electron chi connectivity index (χ2n) is 4.68. The average Bonchev–Trinajstić information content (AvgIpc) is 2.17. The molecule has 19 heavy (non-hydrogen) atoms. The van der Waals surface area contributed by atoms with E-state index >= 15 is 0 Å². The Bertz CT molecular complexity index is 602. The van der Waals surface area contributed by atoms with Crippen LogP contribution < -0.4 is 10.5 Å². The SMILES string of the molecule is CC(C)(CC(N)=O)NS(=O)(=O)c1cccc(Cl)c1F. The highest BCUT2D eigenvalue weighted by molar-refractivity contribution is 7.89. The third-order valence-electron chi connectivity index (χ3n) is 2.23. The lowest BCUT2D eigenvalue weighted by molar-refractivity contribution is -0.119. The summed E-state index contributed by atoms with van der Waals surface area (Å²) >= 11 is 5.53. The number of rotatable bonds is 5. The molecule has 0 aliphatic carbocycles. The minimum Gasteiger partial charge on any atom is -0.370 e. The van der Waals surface area contributed by atoms with Gasteiger partial charge in [0, 0.05) is 12.0 Å². The van der Waals surface area contributed by atoms with Gasteiger partial charge < -0.3 is 5.73 Å². The summed E-state index contributed by atoms with van der Waals surface area (Å²) in [7, 11) is -4.13. The van der Waals surface area contributed by atoms with Crippen LogP contribution in [0.2, 0.25) is 5.02 Å². The first kappa shape index (κ1) is 15.9. The maximum Gasteiger partial charge on any atom is 0.244 e. The van der Waals surface area contributed by atoms with Crippen LogP contribution in [0.4, 0.5) is 4.39 Å². The molecule has 0 fully saturated rings. The molecule has 0 aliphatic heterocycles. The number of primary amides is 1. The summed E-state index contributed by atoms with van der Waals surface area (Å²) < 4.78 is 40.0. The van der Waals surface area contributed by atoms with Crippen molar-refractivity contribution in [2.24, 2.45) is 5.73 Å². The molecule has 1 rings (SSSR count).